The van der Waals surface area contributed by atoms with Crippen LogP contribution in [-0.4, -0.2) is 20.9 Å². The average Bonchev–Trinajstić information content (AvgIpc) is 2.56. The highest BCUT2D eigenvalue weighted by Crippen LogP contribution is 2.35. The number of nitrogens with one attached hydrogen (secondary N) is 1. The van der Waals surface area contributed by atoms with Gasteiger partial charge < -0.3 is 9.47 Å². The van der Waals surface area contributed by atoms with Crippen LogP contribution in [-0.2, 0) is 11.3 Å². The van der Waals surface area contributed by atoms with Gasteiger partial charge in [0.25, 0.3) is 11.3 Å². The largest absolute Gasteiger partial charge is 0.497 e. The standard InChI is InChI=1S/C16H13ClN2O4S/c1-22-11-3-4-12-14(9-11)18-7-6-15(12)23-16-5-2-10(8-13(16)17)19-24(20)21/h2-9,19H,1H3,(H,20,21). The molecular formula is C16H13ClN2O4S. The maximum atomic E-state index is 10.8. The van der Waals surface area contributed by atoms with E-state index in [1.54, 1.807) is 31.5 Å². The number of pyridine rings is 1. The Bertz CT molecular complexity index is 920. The highest BCUT2D eigenvalue weighted by atomic mass is 35.5. The number of nitrogens with zero attached hydrogens (tertiary/aromatic N) is 1. The van der Waals surface area contributed by atoms with Crippen molar-refractivity contribution in [2.45, 2.75) is 0 Å². The Morgan fingerprint density at radius 2 is 2.00 bits per heavy atom. The molecule has 0 aliphatic heterocycles. The number of hydrogen-bond acceptors (Lipinski definition) is 4. The molecule has 1 aromatic heterocycles. The quantitative estimate of drug-likeness (QED) is 0.662. The molecule has 124 valence electrons. The summed E-state index contributed by atoms with van der Waals surface area (Å²) in [6.45, 7) is 0. The fourth-order valence-electron chi connectivity index (χ4n) is 2.18. The number of methoxy groups -OCH3 is 1. The van der Waals surface area contributed by atoms with Crippen molar-refractivity contribution in [1.82, 2.24) is 4.98 Å². The number of fused-ring (bicyclic) bond motifs is 1. The van der Waals surface area contributed by atoms with Gasteiger partial charge in [-0.15, -0.1) is 0 Å². The normalized spacial score (nSPS) is 12.0. The van der Waals surface area contributed by atoms with Crippen molar-refractivity contribution < 1.29 is 18.2 Å². The van der Waals surface area contributed by atoms with E-state index < -0.39 is 11.3 Å². The highest BCUT2D eigenvalue weighted by Gasteiger charge is 2.09. The molecule has 0 saturated heterocycles. The average molecular weight is 365 g/mol. The van der Waals surface area contributed by atoms with E-state index >= 15 is 0 Å². The van der Waals surface area contributed by atoms with Crippen LogP contribution in [0.3, 0.4) is 0 Å². The summed E-state index contributed by atoms with van der Waals surface area (Å²) in [7, 11) is 1.59. The molecule has 0 aliphatic carbocycles. The fraction of sp³-hybridized carbons (Fsp3) is 0.0625. The molecule has 1 heterocycles. The third kappa shape index (κ3) is 3.59. The van der Waals surface area contributed by atoms with Gasteiger partial charge in [0.05, 0.1) is 23.3 Å². The number of anilines is 1. The summed E-state index contributed by atoms with van der Waals surface area (Å²) in [6, 6.07) is 12.0. The lowest BCUT2D eigenvalue weighted by Crippen LogP contribution is -2.01. The third-order valence-electron chi connectivity index (χ3n) is 3.27. The van der Waals surface area contributed by atoms with Crippen molar-refractivity contribution >= 4 is 39.5 Å². The summed E-state index contributed by atoms with van der Waals surface area (Å²) < 4.78 is 33.0. The Balaban J connectivity index is 1.93. The summed E-state index contributed by atoms with van der Waals surface area (Å²) in [5.74, 6) is 1.72. The number of ether oxygens (including phenoxy) is 2. The van der Waals surface area contributed by atoms with Crippen LogP contribution in [0, 0.1) is 0 Å². The smallest absolute Gasteiger partial charge is 0.259 e. The molecule has 1 unspecified atom stereocenters. The SMILES string of the molecule is COc1ccc2c(Oc3ccc(NS(=O)O)cc3Cl)ccnc2c1. The molecule has 0 amide bonds. The molecule has 3 rings (SSSR count). The molecule has 8 heteroatoms. The minimum atomic E-state index is -2.16. The summed E-state index contributed by atoms with van der Waals surface area (Å²) in [4.78, 5) is 4.30. The van der Waals surface area contributed by atoms with Gasteiger partial charge in [-0.2, -0.15) is 0 Å². The van der Waals surface area contributed by atoms with Gasteiger partial charge in [-0.1, -0.05) is 11.6 Å². The second kappa shape index (κ2) is 7.04. The molecule has 2 aromatic carbocycles. The molecule has 1 atom stereocenters. The number of rotatable bonds is 5. The topological polar surface area (TPSA) is 80.7 Å². The van der Waals surface area contributed by atoms with Crippen LogP contribution in [0.2, 0.25) is 5.02 Å². The van der Waals surface area contributed by atoms with Crippen molar-refractivity contribution in [2.24, 2.45) is 0 Å². The maximum absolute atomic E-state index is 10.8. The van der Waals surface area contributed by atoms with Gasteiger partial charge in [-0.25, -0.2) is 4.21 Å². The number of halogens is 1. The Labute approximate surface area is 145 Å². The zero-order valence-electron chi connectivity index (χ0n) is 12.5. The van der Waals surface area contributed by atoms with Crippen molar-refractivity contribution in [3.8, 4) is 17.2 Å². The first kappa shape index (κ1) is 16.5. The van der Waals surface area contributed by atoms with Crippen molar-refractivity contribution in [1.29, 1.82) is 0 Å². The Morgan fingerprint density at radius 3 is 2.71 bits per heavy atom. The molecule has 0 radical (unpaired) electrons. The highest BCUT2D eigenvalue weighted by molar-refractivity contribution is 7.80. The lowest BCUT2D eigenvalue weighted by Gasteiger charge is -2.11. The van der Waals surface area contributed by atoms with E-state index in [-0.39, 0.29) is 0 Å². The lowest BCUT2D eigenvalue weighted by atomic mass is 10.2. The zero-order chi connectivity index (χ0) is 17.1. The maximum Gasteiger partial charge on any atom is 0.259 e. The minimum Gasteiger partial charge on any atom is -0.497 e. The first-order chi connectivity index (χ1) is 11.6. The monoisotopic (exact) mass is 364 g/mol. The van der Waals surface area contributed by atoms with Crippen LogP contribution < -0.4 is 14.2 Å². The Hall–Kier alpha value is -2.35. The van der Waals surface area contributed by atoms with E-state index in [4.69, 9.17) is 25.6 Å². The molecule has 0 bridgehead atoms. The van der Waals surface area contributed by atoms with E-state index in [1.807, 2.05) is 18.2 Å². The summed E-state index contributed by atoms with van der Waals surface area (Å²) in [5, 5.41) is 1.12. The third-order valence-corrected chi connectivity index (χ3v) is 3.97. The first-order valence-electron chi connectivity index (χ1n) is 6.84. The van der Waals surface area contributed by atoms with Crippen molar-refractivity contribution in [3.63, 3.8) is 0 Å². The second-order valence-electron chi connectivity index (χ2n) is 4.79. The molecule has 6 nitrogen and oxygen atoms in total. The van der Waals surface area contributed by atoms with E-state index in [9.17, 15) is 4.21 Å². The molecule has 24 heavy (non-hydrogen) atoms. The number of aromatic nitrogens is 1. The Morgan fingerprint density at radius 1 is 1.17 bits per heavy atom. The zero-order valence-corrected chi connectivity index (χ0v) is 14.1. The van der Waals surface area contributed by atoms with Crippen LogP contribution in [0.25, 0.3) is 10.9 Å². The molecule has 2 N–H and O–H groups in total. The predicted octanol–water partition coefficient (Wildman–Crippen LogP) is 4.24. The van der Waals surface area contributed by atoms with Gasteiger partial charge in [0.15, 0.2) is 0 Å². The number of hydrogen-bond donors (Lipinski definition) is 2. The number of benzene rings is 2. The summed E-state index contributed by atoms with van der Waals surface area (Å²) in [5.41, 5.74) is 1.15. The molecule has 0 saturated carbocycles. The van der Waals surface area contributed by atoms with Gasteiger partial charge in [-0.3, -0.25) is 14.3 Å². The van der Waals surface area contributed by atoms with Crippen LogP contribution >= 0.6 is 11.6 Å². The van der Waals surface area contributed by atoms with E-state index in [1.165, 1.54) is 6.07 Å². The fourth-order valence-corrected chi connectivity index (χ4v) is 2.73. The van der Waals surface area contributed by atoms with Gasteiger partial charge >= 0.3 is 0 Å². The van der Waals surface area contributed by atoms with Crippen LogP contribution in [0.4, 0.5) is 5.69 Å². The summed E-state index contributed by atoms with van der Waals surface area (Å²) in [6.07, 6.45) is 1.63. The second-order valence-corrected chi connectivity index (χ2v) is 5.90. The van der Waals surface area contributed by atoms with E-state index in [0.717, 1.165) is 10.9 Å². The van der Waals surface area contributed by atoms with Gasteiger partial charge in [0.1, 0.15) is 17.2 Å². The predicted molar refractivity (Wildman–Crippen MR) is 94.2 cm³/mol. The van der Waals surface area contributed by atoms with Gasteiger partial charge in [-0.05, 0) is 36.4 Å². The molecule has 0 spiro atoms. The van der Waals surface area contributed by atoms with Crippen LogP contribution in [0.1, 0.15) is 0 Å². The van der Waals surface area contributed by atoms with Gasteiger partial charge in [0.2, 0.25) is 0 Å². The van der Waals surface area contributed by atoms with Gasteiger partial charge in [0, 0.05) is 17.6 Å². The summed E-state index contributed by atoms with van der Waals surface area (Å²) >= 11 is 4.02. The van der Waals surface area contributed by atoms with Crippen molar-refractivity contribution in [3.05, 3.63) is 53.7 Å². The van der Waals surface area contributed by atoms with E-state index in [0.29, 0.717) is 28.0 Å². The van der Waals surface area contributed by atoms with Crippen LogP contribution in [0.15, 0.2) is 48.7 Å². The minimum absolute atomic E-state index is 0.309. The van der Waals surface area contributed by atoms with Crippen molar-refractivity contribution in [2.75, 3.05) is 11.8 Å². The molecule has 3 aromatic rings. The van der Waals surface area contributed by atoms with E-state index in [2.05, 4.69) is 9.71 Å². The Kier molecular flexibility index (Phi) is 4.84. The molecular weight excluding hydrogens is 352 g/mol. The van der Waals surface area contributed by atoms with Crippen LogP contribution in [0.5, 0.6) is 17.2 Å². The first-order valence-corrected chi connectivity index (χ1v) is 8.33. The lowest BCUT2D eigenvalue weighted by molar-refractivity contribution is 0.415. The molecule has 0 fully saturated rings. The molecule has 0 aliphatic rings.